The van der Waals surface area contributed by atoms with Crippen LogP contribution in [0.1, 0.15) is 271 Å². The van der Waals surface area contributed by atoms with Gasteiger partial charge in [0.05, 0.1) is 0 Å². The van der Waals surface area contributed by atoms with E-state index < -0.39 is 6.10 Å². The van der Waals surface area contributed by atoms with Gasteiger partial charge in [-0.15, -0.1) is 0 Å². The van der Waals surface area contributed by atoms with Gasteiger partial charge in [-0.05, 0) is 96.3 Å². The molecule has 0 aliphatic carbocycles. The lowest BCUT2D eigenvalue weighted by molar-refractivity contribution is -0.167. The van der Waals surface area contributed by atoms with E-state index in [9.17, 15) is 14.4 Å². The van der Waals surface area contributed by atoms with Gasteiger partial charge >= 0.3 is 17.9 Å². The molecule has 0 radical (unpaired) electrons. The highest BCUT2D eigenvalue weighted by Crippen LogP contribution is 2.14. The Balaban J connectivity index is 4.48. The lowest BCUT2D eigenvalue weighted by Crippen LogP contribution is -2.30. The van der Waals surface area contributed by atoms with Crippen molar-refractivity contribution in [3.63, 3.8) is 0 Å². The summed E-state index contributed by atoms with van der Waals surface area (Å²) >= 11 is 0. The van der Waals surface area contributed by atoms with E-state index in [4.69, 9.17) is 14.2 Å². The minimum Gasteiger partial charge on any atom is -0.462 e. The molecule has 0 spiro atoms. The van der Waals surface area contributed by atoms with E-state index in [1.54, 1.807) is 0 Å². The second kappa shape index (κ2) is 52.7. The van der Waals surface area contributed by atoms with Crippen LogP contribution in [0.5, 0.6) is 0 Å². The van der Waals surface area contributed by atoms with E-state index in [1.165, 1.54) is 135 Å². The number of unbranched alkanes of at least 4 members (excludes halogenated alkanes) is 30. The summed E-state index contributed by atoms with van der Waals surface area (Å²) in [6, 6.07) is 0. The topological polar surface area (TPSA) is 78.9 Å². The smallest absolute Gasteiger partial charge is 0.306 e. The Kier molecular flexibility index (Phi) is 50.4. The number of hydrogen-bond acceptors (Lipinski definition) is 6. The third-order valence-electron chi connectivity index (χ3n) is 11.8. The number of esters is 3. The SMILES string of the molecule is CCCCCCCCC/C=C\C=C/CCCCCC(=O)OCC(COC(=O)CCCCC/C=C\CCCCCCCCC)OC(=O)CCCCC/C=C\C=C/CCCCCCCCC. The molecule has 0 aromatic carbocycles. The number of rotatable bonds is 49. The van der Waals surface area contributed by atoms with Gasteiger partial charge in [0.2, 0.25) is 0 Å². The number of allylic oxidation sites excluding steroid dienone is 10. The number of hydrogen-bond donors (Lipinski definition) is 0. The molecule has 1 atom stereocenters. The molecule has 0 aliphatic rings. The van der Waals surface area contributed by atoms with Crippen LogP contribution in [0.3, 0.4) is 0 Å². The molecule has 0 aromatic heterocycles. The molecule has 0 saturated heterocycles. The molecule has 0 aliphatic heterocycles. The maximum Gasteiger partial charge on any atom is 0.306 e. The van der Waals surface area contributed by atoms with Crippen molar-refractivity contribution in [3.8, 4) is 0 Å². The predicted octanol–water partition coefficient (Wildman–Crippen LogP) is 18.0. The fraction of sp³-hybridized carbons (Fsp3) is 0.776. The first-order valence-electron chi connectivity index (χ1n) is 27.3. The van der Waals surface area contributed by atoms with E-state index in [0.717, 1.165) is 96.3 Å². The van der Waals surface area contributed by atoms with Crippen LogP contribution in [0, 0.1) is 0 Å². The monoisotopic (exact) mass is 895 g/mol. The first-order valence-corrected chi connectivity index (χ1v) is 27.3. The van der Waals surface area contributed by atoms with Crippen LogP contribution in [-0.2, 0) is 28.6 Å². The van der Waals surface area contributed by atoms with E-state index in [-0.39, 0.29) is 37.5 Å². The predicted molar refractivity (Wildman–Crippen MR) is 275 cm³/mol. The van der Waals surface area contributed by atoms with E-state index >= 15 is 0 Å². The quantitative estimate of drug-likeness (QED) is 0.0199. The Morgan fingerprint density at radius 3 is 0.875 bits per heavy atom. The summed E-state index contributed by atoms with van der Waals surface area (Å²) in [6.45, 7) is 6.58. The summed E-state index contributed by atoms with van der Waals surface area (Å²) in [4.78, 5) is 38.0. The molecule has 0 aromatic rings. The Morgan fingerprint density at radius 2 is 0.562 bits per heavy atom. The standard InChI is InChI=1S/C58H102O6/c1-4-7-10-13-16-19-22-25-28-30-33-36-39-42-45-48-51-57(60)63-54-55(53-62-56(59)50-47-44-41-38-35-32-27-24-21-18-15-12-9-6-3)64-58(61)52-49-46-43-40-37-34-31-29-26-23-20-17-14-11-8-5-2/h28-37,55H,4-27,38-54H2,1-3H3/b30-28-,31-29-,35-32-,36-33-,37-34-. The first-order chi connectivity index (χ1) is 31.5. The summed E-state index contributed by atoms with van der Waals surface area (Å²) in [7, 11) is 0. The third-order valence-corrected chi connectivity index (χ3v) is 11.8. The van der Waals surface area contributed by atoms with Gasteiger partial charge in [0.15, 0.2) is 6.10 Å². The molecule has 0 amide bonds. The summed E-state index contributed by atoms with van der Waals surface area (Å²) < 4.78 is 16.8. The molecular weight excluding hydrogens is 793 g/mol. The van der Waals surface area contributed by atoms with E-state index in [1.807, 2.05) is 0 Å². The number of ether oxygens (including phenoxy) is 3. The molecular formula is C58H102O6. The highest BCUT2D eigenvalue weighted by Gasteiger charge is 2.19. The van der Waals surface area contributed by atoms with Gasteiger partial charge < -0.3 is 14.2 Å². The highest BCUT2D eigenvalue weighted by molar-refractivity contribution is 5.71. The van der Waals surface area contributed by atoms with E-state index in [0.29, 0.717) is 12.8 Å². The van der Waals surface area contributed by atoms with Gasteiger partial charge in [-0.2, -0.15) is 0 Å². The van der Waals surface area contributed by atoms with Crippen LogP contribution >= 0.6 is 0 Å². The minimum atomic E-state index is -0.804. The normalized spacial score (nSPS) is 12.5. The largest absolute Gasteiger partial charge is 0.462 e. The average molecular weight is 895 g/mol. The Bertz CT molecular complexity index is 1170. The first kappa shape index (κ1) is 61.1. The van der Waals surface area contributed by atoms with Crippen molar-refractivity contribution < 1.29 is 28.6 Å². The summed E-state index contributed by atoms with van der Waals surface area (Å²) in [6.07, 6.45) is 64.9. The fourth-order valence-electron chi connectivity index (χ4n) is 7.59. The van der Waals surface area contributed by atoms with Crippen molar-refractivity contribution in [1.29, 1.82) is 0 Å². The van der Waals surface area contributed by atoms with Crippen LogP contribution in [-0.4, -0.2) is 37.2 Å². The van der Waals surface area contributed by atoms with Crippen molar-refractivity contribution in [2.45, 2.75) is 277 Å². The Labute approximate surface area is 396 Å². The van der Waals surface area contributed by atoms with Crippen LogP contribution in [0.15, 0.2) is 60.8 Å². The zero-order valence-corrected chi connectivity index (χ0v) is 42.3. The van der Waals surface area contributed by atoms with Crippen molar-refractivity contribution >= 4 is 17.9 Å². The molecule has 370 valence electrons. The number of carbonyl (C=O) groups is 3. The van der Waals surface area contributed by atoms with Gasteiger partial charge in [-0.3, -0.25) is 14.4 Å². The molecule has 0 N–H and O–H groups in total. The van der Waals surface area contributed by atoms with Crippen molar-refractivity contribution in [2.75, 3.05) is 13.2 Å². The van der Waals surface area contributed by atoms with Gasteiger partial charge in [-0.1, -0.05) is 216 Å². The van der Waals surface area contributed by atoms with Crippen LogP contribution in [0.25, 0.3) is 0 Å². The third kappa shape index (κ3) is 50.1. The second-order valence-electron chi connectivity index (χ2n) is 18.2. The van der Waals surface area contributed by atoms with Crippen molar-refractivity contribution in [2.24, 2.45) is 0 Å². The average Bonchev–Trinajstić information content (AvgIpc) is 3.29. The zero-order chi connectivity index (χ0) is 46.5. The molecule has 6 nitrogen and oxygen atoms in total. The zero-order valence-electron chi connectivity index (χ0n) is 42.3. The summed E-state index contributed by atoms with van der Waals surface area (Å²) in [5.41, 5.74) is 0. The van der Waals surface area contributed by atoms with Crippen LogP contribution in [0.2, 0.25) is 0 Å². The molecule has 0 heterocycles. The lowest BCUT2D eigenvalue weighted by Gasteiger charge is -2.18. The van der Waals surface area contributed by atoms with Crippen molar-refractivity contribution in [3.05, 3.63) is 60.8 Å². The molecule has 64 heavy (non-hydrogen) atoms. The van der Waals surface area contributed by atoms with Crippen LogP contribution < -0.4 is 0 Å². The molecule has 0 saturated carbocycles. The number of carbonyl (C=O) groups excluding carboxylic acids is 3. The highest BCUT2D eigenvalue weighted by atomic mass is 16.6. The maximum atomic E-state index is 12.8. The maximum absolute atomic E-state index is 12.8. The minimum absolute atomic E-state index is 0.101. The Morgan fingerprint density at radius 1 is 0.312 bits per heavy atom. The molecule has 0 bridgehead atoms. The molecule has 6 heteroatoms. The van der Waals surface area contributed by atoms with Crippen LogP contribution in [0.4, 0.5) is 0 Å². The van der Waals surface area contributed by atoms with Gasteiger partial charge in [0.1, 0.15) is 13.2 Å². The molecule has 0 fully saturated rings. The van der Waals surface area contributed by atoms with Crippen molar-refractivity contribution in [1.82, 2.24) is 0 Å². The Hall–Kier alpha value is -2.89. The van der Waals surface area contributed by atoms with Gasteiger partial charge in [0, 0.05) is 19.3 Å². The van der Waals surface area contributed by atoms with Gasteiger partial charge in [-0.25, -0.2) is 0 Å². The summed E-state index contributed by atoms with van der Waals surface area (Å²) in [5.74, 6) is -0.963. The second-order valence-corrected chi connectivity index (χ2v) is 18.2. The van der Waals surface area contributed by atoms with E-state index in [2.05, 4.69) is 81.5 Å². The molecule has 1 unspecified atom stereocenters. The molecule has 0 rings (SSSR count). The lowest BCUT2D eigenvalue weighted by atomic mass is 10.1. The summed E-state index contributed by atoms with van der Waals surface area (Å²) in [5, 5.41) is 0. The fourth-order valence-corrected chi connectivity index (χ4v) is 7.59. The van der Waals surface area contributed by atoms with Gasteiger partial charge in [0.25, 0.3) is 0 Å².